The molecule has 0 spiro atoms. The van der Waals surface area contributed by atoms with E-state index < -0.39 is 18.2 Å². The van der Waals surface area contributed by atoms with Crippen molar-refractivity contribution in [2.45, 2.75) is 58.3 Å². The number of thiazole rings is 1. The molecule has 1 aromatic heterocycles. The fourth-order valence-corrected chi connectivity index (χ4v) is 4.49. The molecule has 1 saturated heterocycles. The first-order valence-corrected chi connectivity index (χ1v) is 11.1. The lowest BCUT2D eigenvalue weighted by Crippen LogP contribution is -2.52. The highest BCUT2D eigenvalue weighted by molar-refractivity contribution is 7.13. The van der Waals surface area contributed by atoms with Gasteiger partial charge in [0, 0.05) is 13.0 Å². The number of amides is 2. The van der Waals surface area contributed by atoms with Gasteiger partial charge in [-0.1, -0.05) is 38.1 Å². The standard InChI is InChI=1S/C22H30N4O3S/c1-12(2)19(23)22(29)26-10-17(27)9-18(26)21(28)25-13(3)15-5-7-16(8-6-15)20-14(4)24-11-30-20/h5-8,11-13,17-19,27H,9-10,23H2,1-4H3,(H,25,28)/t13-,17+,18-,19-/m0/s1. The van der Waals surface area contributed by atoms with Crippen LogP contribution in [0.4, 0.5) is 0 Å². The Kier molecular flexibility index (Phi) is 6.90. The molecule has 2 aromatic rings. The number of nitrogens with two attached hydrogens (primary N) is 1. The SMILES string of the molecule is Cc1ncsc1-c1ccc([C@H](C)NC(=O)[C@@H]2C[C@@H](O)CN2C(=O)[C@@H](N)C(C)C)cc1. The predicted molar refractivity (Wildman–Crippen MR) is 118 cm³/mol. The Hall–Kier alpha value is -2.29. The minimum Gasteiger partial charge on any atom is -0.391 e. The van der Waals surface area contributed by atoms with E-state index in [4.69, 9.17) is 5.73 Å². The van der Waals surface area contributed by atoms with Crippen LogP contribution in [0.2, 0.25) is 0 Å². The Balaban J connectivity index is 1.68. The number of β-amino-alcohol motifs (C(OH)–C–C–N with tert-alkyl or cyclic N) is 1. The van der Waals surface area contributed by atoms with Crippen molar-refractivity contribution in [3.8, 4) is 10.4 Å². The number of hydrogen-bond donors (Lipinski definition) is 3. The number of carbonyl (C=O) groups excluding carboxylic acids is 2. The van der Waals surface area contributed by atoms with E-state index in [2.05, 4.69) is 10.3 Å². The van der Waals surface area contributed by atoms with Crippen LogP contribution in [0, 0.1) is 12.8 Å². The molecule has 2 heterocycles. The Bertz CT molecular complexity index is 896. The molecular weight excluding hydrogens is 400 g/mol. The minimum absolute atomic E-state index is 0.0430. The van der Waals surface area contributed by atoms with Crippen LogP contribution in [0.1, 0.15) is 44.5 Å². The second-order valence-corrected chi connectivity index (χ2v) is 9.14. The van der Waals surface area contributed by atoms with Crippen LogP contribution in [0.25, 0.3) is 10.4 Å². The average molecular weight is 431 g/mol. The highest BCUT2D eigenvalue weighted by Crippen LogP contribution is 2.28. The quantitative estimate of drug-likeness (QED) is 0.651. The van der Waals surface area contributed by atoms with E-state index in [0.29, 0.717) is 0 Å². The summed E-state index contributed by atoms with van der Waals surface area (Å²) in [5.74, 6) is -0.608. The van der Waals surface area contributed by atoms with Gasteiger partial charge in [0.2, 0.25) is 11.8 Å². The van der Waals surface area contributed by atoms with Crippen molar-refractivity contribution >= 4 is 23.2 Å². The van der Waals surface area contributed by atoms with Crippen molar-refractivity contribution in [2.24, 2.45) is 11.7 Å². The zero-order valence-corrected chi connectivity index (χ0v) is 18.6. The molecule has 0 bridgehead atoms. The van der Waals surface area contributed by atoms with E-state index in [1.54, 1.807) is 11.3 Å². The van der Waals surface area contributed by atoms with E-state index in [-0.39, 0.29) is 36.7 Å². The van der Waals surface area contributed by atoms with Gasteiger partial charge in [0.05, 0.1) is 34.3 Å². The van der Waals surface area contributed by atoms with E-state index >= 15 is 0 Å². The molecule has 0 saturated carbocycles. The van der Waals surface area contributed by atoms with Gasteiger partial charge in [-0.25, -0.2) is 4.98 Å². The lowest BCUT2D eigenvalue weighted by Gasteiger charge is -2.28. The number of aromatic nitrogens is 1. The summed E-state index contributed by atoms with van der Waals surface area (Å²) < 4.78 is 0. The Morgan fingerprint density at radius 2 is 1.93 bits per heavy atom. The second-order valence-electron chi connectivity index (χ2n) is 8.28. The third kappa shape index (κ3) is 4.71. The first-order chi connectivity index (χ1) is 14.2. The number of aliphatic hydroxyl groups excluding tert-OH is 1. The van der Waals surface area contributed by atoms with Crippen LogP contribution in [-0.2, 0) is 9.59 Å². The minimum atomic E-state index is -0.721. The normalized spacial score (nSPS) is 21.0. The van der Waals surface area contributed by atoms with Gasteiger partial charge in [0.15, 0.2) is 0 Å². The second kappa shape index (κ2) is 9.24. The molecule has 7 nitrogen and oxygen atoms in total. The highest BCUT2D eigenvalue weighted by atomic mass is 32.1. The van der Waals surface area contributed by atoms with Crippen molar-refractivity contribution < 1.29 is 14.7 Å². The van der Waals surface area contributed by atoms with Gasteiger partial charge < -0.3 is 21.1 Å². The molecule has 0 unspecified atom stereocenters. The lowest BCUT2D eigenvalue weighted by molar-refractivity contribution is -0.140. The van der Waals surface area contributed by atoms with Gasteiger partial charge in [0.25, 0.3) is 0 Å². The van der Waals surface area contributed by atoms with Crippen LogP contribution in [0.3, 0.4) is 0 Å². The Morgan fingerprint density at radius 1 is 1.27 bits per heavy atom. The molecule has 0 aliphatic carbocycles. The van der Waals surface area contributed by atoms with Crippen LogP contribution in [-0.4, -0.2) is 51.5 Å². The van der Waals surface area contributed by atoms with Crippen molar-refractivity contribution in [1.29, 1.82) is 0 Å². The molecular formula is C22H30N4O3S. The van der Waals surface area contributed by atoms with Gasteiger partial charge in [-0.3, -0.25) is 9.59 Å². The molecule has 8 heteroatoms. The number of aryl methyl sites for hydroxylation is 1. The highest BCUT2D eigenvalue weighted by Gasteiger charge is 2.41. The van der Waals surface area contributed by atoms with Gasteiger partial charge in [-0.05, 0) is 30.9 Å². The van der Waals surface area contributed by atoms with Gasteiger partial charge in [-0.2, -0.15) is 0 Å². The summed E-state index contributed by atoms with van der Waals surface area (Å²) in [5, 5.41) is 13.0. The summed E-state index contributed by atoms with van der Waals surface area (Å²) in [6.45, 7) is 7.75. The zero-order valence-electron chi connectivity index (χ0n) is 17.8. The molecule has 1 aliphatic heterocycles. The van der Waals surface area contributed by atoms with Crippen molar-refractivity contribution in [2.75, 3.05) is 6.54 Å². The number of benzene rings is 1. The van der Waals surface area contributed by atoms with Crippen LogP contribution in [0.15, 0.2) is 29.8 Å². The van der Waals surface area contributed by atoms with Crippen molar-refractivity contribution in [3.63, 3.8) is 0 Å². The molecule has 162 valence electrons. The zero-order chi connectivity index (χ0) is 22.0. The summed E-state index contributed by atoms with van der Waals surface area (Å²) in [4.78, 5) is 32.4. The largest absolute Gasteiger partial charge is 0.391 e. The van der Waals surface area contributed by atoms with E-state index in [9.17, 15) is 14.7 Å². The molecule has 4 atom stereocenters. The number of nitrogens with zero attached hydrogens (tertiary/aromatic N) is 2. The van der Waals surface area contributed by atoms with Crippen molar-refractivity contribution in [1.82, 2.24) is 15.2 Å². The number of hydrogen-bond acceptors (Lipinski definition) is 6. The fourth-order valence-electron chi connectivity index (χ4n) is 3.68. The molecule has 3 rings (SSSR count). The smallest absolute Gasteiger partial charge is 0.243 e. The monoisotopic (exact) mass is 430 g/mol. The fraction of sp³-hybridized carbons (Fsp3) is 0.500. The molecule has 2 amide bonds. The lowest BCUT2D eigenvalue weighted by atomic mass is 10.0. The average Bonchev–Trinajstić information content (AvgIpc) is 3.32. The van der Waals surface area contributed by atoms with Gasteiger partial charge in [-0.15, -0.1) is 11.3 Å². The van der Waals surface area contributed by atoms with Crippen LogP contribution >= 0.6 is 11.3 Å². The molecule has 1 fully saturated rings. The number of likely N-dealkylation sites (tertiary alicyclic amines) is 1. The summed E-state index contributed by atoms with van der Waals surface area (Å²) in [6.07, 6.45) is -0.500. The molecule has 1 aliphatic rings. The topological polar surface area (TPSA) is 109 Å². The summed E-state index contributed by atoms with van der Waals surface area (Å²) in [5.41, 5.74) is 10.9. The molecule has 0 radical (unpaired) electrons. The molecule has 30 heavy (non-hydrogen) atoms. The predicted octanol–water partition coefficient (Wildman–Crippen LogP) is 2.24. The van der Waals surface area contributed by atoms with Gasteiger partial charge in [0.1, 0.15) is 6.04 Å². The number of carbonyl (C=O) groups is 2. The molecule has 4 N–H and O–H groups in total. The first-order valence-electron chi connectivity index (χ1n) is 10.2. The number of aliphatic hydroxyl groups is 1. The first kappa shape index (κ1) is 22.4. The van der Waals surface area contributed by atoms with Crippen LogP contribution in [0.5, 0.6) is 0 Å². The van der Waals surface area contributed by atoms with Crippen molar-refractivity contribution in [3.05, 3.63) is 41.0 Å². The summed E-state index contributed by atoms with van der Waals surface area (Å²) in [6, 6.07) is 6.39. The Labute approximate surface area is 181 Å². The third-order valence-electron chi connectivity index (χ3n) is 5.65. The van der Waals surface area contributed by atoms with E-state index in [0.717, 1.165) is 21.7 Å². The van der Waals surface area contributed by atoms with E-state index in [1.165, 1.54) is 4.90 Å². The maximum Gasteiger partial charge on any atom is 0.243 e. The maximum absolute atomic E-state index is 12.9. The Morgan fingerprint density at radius 3 is 2.50 bits per heavy atom. The number of nitrogens with one attached hydrogen (secondary N) is 1. The van der Waals surface area contributed by atoms with Gasteiger partial charge >= 0.3 is 0 Å². The summed E-state index contributed by atoms with van der Waals surface area (Å²) >= 11 is 1.60. The third-order valence-corrected chi connectivity index (χ3v) is 6.62. The van der Waals surface area contributed by atoms with E-state index in [1.807, 2.05) is 57.5 Å². The maximum atomic E-state index is 12.9. The summed E-state index contributed by atoms with van der Waals surface area (Å²) in [7, 11) is 0. The van der Waals surface area contributed by atoms with Crippen LogP contribution < -0.4 is 11.1 Å². The number of rotatable bonds is 6. The molecule has 1 aromatic carbocycles.